The zero-order chi connectivity index (χ0) is 47.5. The van der Waals surface area contributed by atoms with Crippen LogP contribution in [0.3, 0.4) is 0 Å². The highest BCUT2D eigenvalue weighted by Gasteiger charge is 2.48. The van der Waals surface area contributed by atoms with Gasteiger partial charge in [0.05, 0.1) is 42.5 Å². The number of carbonyl (C=O) groups is 4. The number of rotatable bonds is 24. The Bertz CT molecular complexity index is 1520. The van der Waals surface area contributed by atoms with Crippen LogP contribution in [0.25, 0.3) is 0 Å². The third-order valence-corrected chi connectivity index (χ3v) is 14.1. The minimum Gasteiger partial charge on any atom is -0.517 e. The molecule has 15 heteroatoms. The van der Waals surface area contributed by atoms with E-state index in [1.807, 2.05) is 6.08 Å². The van der Waals surface area contributed by atoms with Crippen molar-refractivity contribution >= 4 is 40.3 Å². The Morgan fingerprint density at radius 2 is 1.35 bits per heavy atom. The van der Waals surface area contributed by atoms with Crippen LogP contribution in [0, 0.1) is 35.5 Å². The van der Waals surface area contributed by atoms with E-state index >= 15 is 0 Å². The summed E-state index contributed by atoms with van der Waals surface area (Å²) in [5, 5.41) is 33.8. The lowest BCUT2D eigenvalue weighted by Crippen LogP contribution is -2.53. The monoisotopic (exact) mass is 913 g/mol. The van der Waals surface area contributed by atoms with Crippen molar-refractivity contribution in [1.82, 2.24) is 0 Å². The highest BCUT2D eigenvalue weighted by Crippen LogP contribution is 2.45. The van der Waals surface area contributed by atoms with Gasteiger partial charge < -0.3 is 43.1 Å². The number of ketones is 1. The van der Waals surface area contributed by atoms with Crippen LogP contribution in [-0.4, -0.2) is 111 Å². The normalized spacial score (nSPS) is 26.6. The van der Waals surface area contributed by atoms with E-state index in [0.717, 1.165) is 38.5 Å². The third-order valence-electron chi connectivity index (χ3n) is 12.5. The molecule has 2 saturated heterocycles. The molecule has 13 nitrogen and oxygen atoms in total. The van der Waals surface area contributed by atoms with E-state index in [4.69, 9.17) is 27.8 Å². The van der Waals surface area contributed by atoms with Crippen molar-refractivity contribution < 1.29 is 62.3 Å². The molecule has 2 heterocycles. The van der Waals surface area contributed by atoms with Crippen molar-refractivity contribution in [3.8, 4) is 0 Å². The molecule has 0 aromatic heterocycles. The molecule has 0 amide bonds. The van der Waals surface area contributed by atoms with Crippen LogP contribution >= 0.6 is 0 Å². The molecule has 0 aromatic rings. The maximum Gasteiger partial charge on any atom is 0.323 e. The zero-order valence-corrected chi connectivity index (χ0v) is 42.8. The van der Waals surface area contributed by atoms with Crippen molar-refractivity contribution in [1.29, 1.82) is 0 Å². The Labute approximate surface area is 375 Å². The molecular weight excluding hydrogens is 829 g/mol. The molecule has 0 aliphatic carbocycles. The van der Waals surface area contributed by atoms with Gasteiger partial charge in [-0.1, -0.05) is 54.5 Å². The standard InChI is InChI=1S/C47H84O13Si2/c1-17-29(4)18-21-39-30(5)22-24-47(57-39)25-23-32(7)43(58-47)31(6)19-20-35(48)33(8)36(49)26-38(51)44(55-10)42(28(2)3)56-40(52)27-37(50)41(46(54)60-62(14,15)16)34(9)45(53)59-61(11,12)13/h17,28-33,35,37-39,42-44,48,50-51H,1,18-27H2,2-16H3/b41-34-/t29-,30-,31-,32+,33+,35+,37-,38-,39+,42-,43+,44+,47-/m1/s1. The van der Waals surface area contributed by atoms with E-state index in [0.29, 0.717) is 30.6 Å². The second-order valence-electron chi connectivity index (χ2n) is 20.8. The molecule has 0 bridgehead atoms. The first-order chi connectivity index (χ1) is 28.5. The molecule has 2 aliphatic rings. The lowest BCUT2D eigenvalue weighted by atomic mass is 9.79. The minimum atomic E-state index is -2.49. The maximum absolute atomic E-state index is 13.5. The lowest BCUT2D eigenvalue weighted by molar-refractivity contribution is -0.338. The highest BCUT2D eigenvalue weighted by atomic mass is 28.4. The molecule has 13 atom stereocenters. The fourth-order valence-electron chi connectivity index (χ4n) is 8.42. The van der Waals surface area contributed by atoms with Crippen LogP contribution in [0.2, 0.25) is 39.3 Å². The van der Waals surface area contributed by atoms with E-state index in [1.165, 1.54) is 14.0 Å². The summed E-state index contributed by atoms with van der Waals surface area (Å²) in [4.78, 5) is 53.2. The van der Waals surface area contributed by atoms with Crippen LogP contribution in [0.15, 0.2) is 23.8 Å². The summed E-state index contributed by atoms with van der Waals surface area (Å²) in [6, 6.07) is 0. The number of hydrogen-bond donors (Lipinski definition) is 3. The van der Waals surface area contributed by atoms with Crippen molar-refractivity contribution in [3.63, 3.8) is 0 Å². The van der Waals surface area contributed by atoms with Gasteiger partial charge in [0.25, 0.3) is 0 Å². The average molecular weight is 913 g/mol. The first-order valence-corrected chi connectivity index (χ1v) is 29.8. The van der Waals surface area contributed by atoms with Gasteiger partial charge in [-0.2, -0.15) is 0 Å². The highest BCUT2D eigenvalue weighted by molar-refractivity contribution is 6.72. The summed E-state index contributed by atoms with van der Waals surface area (Å²) >= 11 is 0. The Morgan fingerprint density at radius 3 is 1.89 bits per heavy atom. The van der Waals surface area contributed by atoms with Crippen molar-refractivity contribution in [3.05, 3.63) is 23.8 Å². The molecular formula is C47H84O13Si2. The first kappa shape index (κ1) is 55.9. The summed E-state index contributed by atoms with van der Waals surface area (Å²) in [5.74, 6) is -3.50. The predicted octanol–water partition coefficient (Wildman–Crippen LogP) is 8.06. The number of Topliss-reactive ketones (excluding diaryl/α,β-unsaturated/α-hetero) is 1. The molecule has 0 saturated carbocycles. The number of allylic oxidation sites excluding steroid dienone is 1. The number of aliphatic hydroxyl groups is 3. The number of methoxy groups -OCH3 is 1. The zero-order valence-electron chi connectivity index (χ0n) is 40.8. The Balaban J connectivity index is 2.09. The van der Waals surface area contributed by atoms with Gasteiger partial charge in [0.15, 0.2) is 5.79 Å². The number of ether oxygens (including phenoxy) is 4. The Hall–Kier alpha value is -2.25. The Morgan fingerprint density at radius 1 is 0.790 bits per heavy atom. The fraction of sp³-hybridized carbons (Fsp3) is 0.830. The second kappa shape index (κ2) is 24.3. The third kappa shape index (κ3) is 17.3. The number of esters is 1. The summed E-state index contributed by atoms with van der Waals surface area (Å²) in [5.41, 5.74) is -0.557. The molecule has 0 unspecified atom stereocenters. The maximum atomic E-state index is 13.5. The van der Waals surface area contributed by atoms with Gasteiger partial charge >= 0.3 is 17.9 Å². The van der Waals surface area contributed by atoms with Gasteiger partial charge in [-0.15, -0.1) is 6.58 Å². The van der Waals surface area contributed by atoms with E-state index in [1.54, 1.807) is 60.1 Å². The largest absolute Gasteiger partial charge is 0.517 e. The van der Waals surface area contributed by atoms with Gasteiger partial charge in [-0.25, -0.2) is 9.59 Å². The average Bonchev–Trinajstić information content (AvgIpc) is 3.16. The molecule has 2 aliphatic heterocycles. The van der Waals surface area contributed by atoms with E-state index in [-0.39, 0.29) is 41.5 Å². The van der Waals surface area contributed by atoms with Crippen LogP contribution in [0.4, 0.5) is 0 Å². The summed E-state index contributed by atoms with van der Waals surface area (Å²) in [7, 11) is -3.54. The SMILES string of the molecule is C=C[C@@H](C)CC[C@@H]1O[C@@]2(CC[C@H]1C)CC[C@H](C)[C@H]([C@H](C)CC[C@H](O)[C@H](C)C(=O)C[C@@H](O)[C@H](OC)[C@H](OC(=O)C[C@@H](O)/C(C(=O)O[Si](C)(C)C)=C(\C)C(=O)O[Si](C)(C)C)C(C)C)O2. The fourth-order valence-corrected chi connectivity index (χ4v) is 9.79. The Kier molecular flexibility index (Phi) is 21.9. The van der Waals surface area contributed by atoms with E-state index in [2.05, 4.69) is 34.3 Å². The molecule has 1 spiro atoms. The van der Waals surface area contributed by atoms with Crippen molar-refractivity contribution in [2.75, 3.05) is 7.11 Å². The summed E-state index contributed by atoms with van der Waals surface area (Å²) < 4.78 is 36.2. The van der Waals surface area contributed by atoms with Crippen LogP contribution < -0.4 is 0 Å². The van der Waals surface area contributed by atoms with Crippen molar-refractivity contribution in [2.45, 2.75) is 207 Å². The predicted molar refractivity (Wildman–Crippen MR) is 245 cm³/mol. The van der Waals surface area contributed by atoms with Crippen LogP contribution in [0.5, 0.6) is 0 Å². The molecule has 62 heavy (non-hydrogen) atoms. The van der Waals surface area contributed by atoms with Crippen LogP contribution in [0.1, 0.15) is 120 Å². The van der Waals surface area contributed by atoms with Gasteiger partial charge in [0.2, 0.25) is 16.6 Å². The quantitative estimate of drug-likeness (QED) is 0.0366. The van der Waals surface area contributed by atoms with Gasteiger partial charge in [0.1, 0.15) is 18.0 Å². The van der Waals surface area contributed by atoms with E-state index in [9.17, 15) is 34.5 Å². The molecule has 3 N–H and O–H groups in total. The summed E-state index contributed by atoms with van der Waals surface area (Å²) in [6.45, 7) is 29.9. The smallest absolute Gasteiger partial charge is 0.323 e. The number of aliphatic hydroxyl groups excluding tert-OH is 3. The molecule has 2 rings (SSSR count). The van der Waals surface area contributed by atoms with Gasteiger partial charge in [-0.05, 0) is 114 Å². The second-order valence-corrected chi connectivity index (χ2v) is 29.6. The number of carbonyl (C=O) groups excluding carboxylic acids is 4. The summed E-state index contributed by atoms with van der Waals surface area (Å²) in [6.07, 6.45) is 1.42. The topological polar surface area (TPSA) is 184 Å². The number of hydrogen-bond acceptors (Lipinski definition) is 13. The lowest BCUT2D eigenvalue weighted by Gasteiger charge is -2.51. The molecule has 2 fully saturated rings. The van der Waals surface area contributed by atoms with Crippen LogP contribution in [-0.2, 0) is 47.0 Å². The van der Waals surface area contributed by atoms with Crippen molar-refractivity contribution in [2.24, 2.45) is 35.5 Å². The first-order valence-electron chi connectivity index (χ1n) is 23.0. The minimum absolute atomic E-state index is 0.0544. The van der Waals surface area contributed by atoms with E-state index < -0.39 is 89.1 Å². The van der Waals surface area contributed by atoms with Gasteiger partial charge in [0, 0.05) is 37.9 Å². The molecule has 358 valence electrons. The van der Waals surface area contributed by atoms with Gasteiger partial charge in [-0.3, -0.25) is 9.59 Å². The molecule has 0 radical (unpaired) electrons. The molecule has 0 aromatic carbocycles.